The number of nitrogens with zero attached hydrogens (tertiary/aromatic N) is 2. The van der Waals surface area contributed by atoms with E-state index in [0.717, 1.165) is 11.7 Å². The fourth-order valence-electron chi connectivity index (χ4n) is 1.45. The van der Waals surface area contributed by atoms with Gasteiger partial charge in [0.1, 0.15) is 0 Å². The number of carboxylic acids is 1. The van der Waals surface area contributed by atoms with Crippen LogP contribution >= 0.6 is 23.3 Å². The smallest absolute Gasteiger partial charge is 0.330 e. The van der Waals surface area contributed by atoms with Gasteiger partial charge in [-0.3, -0.25) is 4.79 Å². The van der Waals surface area contributed by atoms with Gasteiger partial charge < -0.3 is 10.4 Å². The Kier molecular flexibility index (Phi) is 4.08. The summed E-state index contributed by atoms with van der Waals surface area (Å²) >= 11 is 6.80. The first-order valence-corrected chi connectivity index (χ1v) is 6.26. The number of aromatic nitrogens is 2. The third-order valence-corrected chi connectivity index (χ3v) is 3.15. The maximum Gasteiger partial charge on any atom is 0.330 e. The van der Waals surface area contributed by atoms with Crippen molar-refractivity contribution in [1.29, 1.82) is 0 Å². The summed E-state index contributed by atoms with van der Waals surface area (Å²) in [6, 6.07) is 5.19. The Morgan fingerprint density at radius 2 is 2.11 bits per heavy atom. The van der Waals surface area contributed by atoms with Gasteiger partial charge in [0.25, 0.3) is 5.91 Å². The highest BCUT2D eigenvalue weighted by atomic mass is 35.5. The van der Waals surface area contributed by atoms with Crippen molar-refractivity contribution in [3.8, 4) is 0 Å². The number of rotatable bonds is 4. The molecule has 6 nitrogen and oxygen atoms in total. The molecule has 0 spiro atoms. The van der Waals surface area contributed by atoms with Gasteiger partial charge in [-0.2, -0.15) is 8.75 Å². The Balaban J connectivity index is 2.25. The number of carboxylic acid groups (broad SMARTS) is 1. The number of amides is 1. The van der Waals surface area contributed by atoms with E-state index in [0.29, 0.717) is 5.56 Å². The minimum Gasteiger partial charge on any atom is -0.479 e. The zero-order valence-corrected chi connectivity index (χ0v) is 11.0. The Morgan fingerprint density at radius 1 is 1.37 bits per heavy atom. The molecule has 98 valence electrons. The lowest BCUT2D eigenvalue weighted by molar-refractivity contribution is -0.139. The van der Waals surface area contributed by atoms with Gasteiger partial charge >= 0.3 is 5.97 Å². The van der Waals surface area contributed by atoms with Crippen LogP contribution in [0, 0.1) is 0 Å². The average molecular weight is 298 g/mol. The van der Waals surface area contributed by atoms with E-state index in [2.05, 4.69) is 14.1 Å². The molecule has 8 heteroatoms. The number of hydrogen-bond acceptors (Lipinski definition) is 5. The number of hydrogen-bond donors (Lipinski definition) is 2. The standard InChI is InChI=1S/C11H8ClN3O3S/c12-7-4-2-1-3-6(7)9(11(17)18)14-10(16)8-5-13-19-15-8/h1-5,9H,(H,14,16)(H,17,18)/t9-/m1/s1. The number of nitrogens with one attached hydrogen (secondary N) is 1. The summed E-state index contributed by atoms with van der Waals surface area (Å²) in [7, 11) is 0. The third-order valence-electron chi connectivity index (χ3n) is 2.33. The van der Waals surface area contributed by atoms with Gasteiger partial charge in [0, 0.05) is 10.6 Å². The molecule has 1 heterocycles. The number of benzene rings is 1. The Labute approximate surface area is 117 Å². The zero-order valence-electron chi connectivity index (χ0n) is 9.41. The van der Waals surface area contributed by atoms with E-state index in [4.69, 9.17) is 11.6 Å². The van der Waals surface area contributed by atoms with Crippen molar-refractivity contribution in [3.63, 3.8) is 0 Å². The summed E-state index contributed by atoms with van der Waals surface area (Å²) in [5.41, 5.74) is 0.386. The first kappa shape index (κ1) is 13.4. The topological polar surface area (TPSA) is 92.2 Å². The van der Waals surface area contributed by atoms with Crippen LogP contribution in [0.5, 0.6) is 0 Å². The van der Waals surface area contributed by atoms with Crippen LogP contribution in [-0.4, -0.2) is 25.7 Å². The molecule has 0 aliphatic carbocycles. The van der Waals surface area contributed by atoms with E-state index < -0.39 is 17.9 Å². The molecule has 0 bridgehead atoms. The van der Waals surface area contributed by atoms with Gasteiger partial charge in [-0.05, 0) is 6.07 Å². The molecular weight excluding hydrogens is 290 g/mol. The van der Waals surface area contributed by atoms with Crippen molar-refractivity contribution >= 4 is 35.2 Å². The average Bonchev–Trinajstić information content (AvgIpc) is 2.90. The third kappa shape index (κ3) is 3.07. The summed E-state index contributed by atoms with van der Waals surface area (Å²) in [4.78, 5) is 23.0. The lowest BCUT2D eigenvalue weighted by atomic mass is 10.1. The number of carbonyl (C=O) groups is 2. The Morgan fingerprint density at radius 3 is 2.68 bits per heavy atom. The maximum atomic E-state index is 11.8. The monoisotopic (exact) mass is 297 g/mol. The van der Waals surface area contributed by atoms with Crippen molar-refractivity contribution in [3.05, 3.63) is 46.7 Å². The van der Waals surface area contributed by atoms with Crippen LogP contribution in [0.25, 0.3) is 0 Å². The van der Waals surface area contributed by atoms with Crippen LogP contribution in [0.1, 0.15) is 22.1 Å². The number of aliphatic carboxylic acids is 1. The van der Waals surface area contributed by atoms with Crippen molar-refractivity contribution in [1.82, 2.24) is 14.1 Å². The predicted molar refractivity (Wildman–Crippen MR) is 69.2 cm³/mol. The van der Waals surface area contributed by atoms with E-state index in [1.807, 2.05) is 0 Å². The molecule has 0 saturated heterocycles. The summed E-state index contributed by atoms with van der Waals surface area (Å²) in [5, 5.41) is 11.8. The molecule has 1 atom stereocenters. The van der Waals surface area contributed by atoms with Gasteiger partial charge in [-0.25, -0.2) is 4.79 Å². The fraction of sp³-hybridized carbons (Fsp3) is 0.0909. The SMILES string of the molecule is O=C(N[C@@H](C(=O)O)c1ccccc1Cl)c1cnsn1. The fourth-order valence-corrected chi connectivity index (χ4v) is 2.11. The number of carbonyl (C=O) groups excluding carboxylic acids is 1. The molecule has 0 radical (unpaired) electrons. The molecular formula is C11H8ClN3O3S. The molecule has 0 saturated carbocycles. The predicted octanol–water partition coefficient (Wildman–Crippen LogP) is 1.75. The second kappa shape index (κ2) is 5.77. The van der Waals surface area contributed by atoms with E-state index in [1.54, 1.807) is 24.3 Å². The van der Waals surface area contributed by atoms with Crippen LogP contribution in [0.3, 0.4) is 0 Å². The largest absolute Gasteiger partial charge is 0.479 e. The van der Waals surface area contributed by atoms with Crippen LogP contribution in [0.2, 0.25) is 5.02 Å². The summed E-state index contributed by atoms with van der Waals surface area (Å²) < 4.78 is 7.42. The zero-order chi connectivity index (χ0) is 13.8. The van der Waals surface area contributed by atoms with E-state index in [-0.39, 0.29) is 10.7 Å². The number of halogens is 1. The molecule has 2 rings (SSSR count). The first-order valence-electron chi connectivity index (χ1n) is 5.15. The summed E-state index contributed by atoms with van der Waals surface area (Å²) in [5.74, 6) is -1.81. The van der Waals surface area contributed by atoms with Gasteiger partial charge in [0.15, 0.2) is 11.7 Å². The molecule has 0 aliphatic heterocycles. The highest BCUT2D eigenvalue weighted by Crippen LogP contribution is 2.23. The van der Waals surface area contributed by atoms with Crippen LogP contribution in [0.15, 0.2) is 30.5 Å². The molecule has 1 aromatic heterocycles. The molecule has 0 unspecified atom stereocenters. The molecule has 0 fully saturated rings. The second-order valence-corrected chi connectivity index (χ2v) is 4.52. The van der Waals surface area contributed by atoms with E-state index in [1.165, 1.54) is 6.20 Å². The summed E-state index contributed by atoms with van der Waals surface area (Å²) in [6.07, 6.45) is 1.27. The Hall–Kier alpha value is -1.99. The molecule has 1 aromatic carbocycles. The lowest BCUT2D eigenvalue weighted by Gasteiger charge is -2.15. The first-order chi connectivity index (χ1) is 9.09. The van der Waals surface area contributed by atoms with Crippen molar-refractivity contribution in [2.45, 2.75) is 6.04 Å². The molecule has 1 amide bonds. The summed E-state index contributed by atoms with van der Waals surface area (Å²) in [6.45, 7) is 0. The molecule has 19 heavy (non-hydrogen) atoms. The van der Waals surface area contributed by atoms with Gasteiger partial charge in [-0.1, -0.05) is 29.8 Å². The van der Waals surface area contributed by atoms with Crippen LogP contribution in [0.4, 0.5) is 0 Å². The van der Waals surface area contributed by atoms with Crippen molar-refractivity contribution in [2.24, 2.45) is 0 Å². The molecule has 0 aliphatic rings. The van der Waals surface area contributed by atoms with Gasteiger partial charge in [-0.15, -0.1) is 0 Å². The lowest BCUT2D eigenvalue weighted by Crippen LogP contribution is -2.34. The van der Waals surface area contributed by atoms with Crippen LogP contribution < -0.4 is 5.32 Å². The molecule has 2 N–H and O–H groups in total. The molecule has 2 aromatic rings. The van der Waals surface area contributed by atoms with Crippen molar-refractivity contribution < 1.29 is 14.7 Å². The minimum atomic E-state index is -1.23. The highest BCUT2D eigenvalue weighted by Gasteiger charge is 2.25. The maximum absolute atomic E-state index is 11.8. The van der Waals surface area contributed by atoms with E-state index >= 15 is 0 Å². The van der Waals surface area contributed by atoms with Crippen LogP contribution in [-0.2, 0) is 4.79 Å². The van der Waals surface area contributed by atoms with Crippen molar-refractivity contribution in [2.75, 3.05) is 0 Å². The second-order valence-electron chi connectivity index (χ2n) is 3.56. The minimum absolute atomic E-state index is 0.0725. The van der Waals surface area contributed by atoms with E-state index in [9.17, 15) is 14.7 Å². The quantitative estimate of drug-likeness (QED) is 0.897. The Bertz CT molecular complexity index is 603. The normalized spacial score (nSPS) is 11.8. The van der Waals surface area contributed by atoms with Gasteiger partial charge in [0.05, 0.1) is 17.9 Å². The van der Waals surface area contributed by atoms with Gasteiger partial charge in [0.2, 0.25) is 0 Å². The highest BCUT2D eigenvalue weighted by molar-refractivity contribution is 6.99.